The zero-order valence-electron chi connectivity index (χ0n) is 7.69. The quantitative estimate of drug-likeness (QED) is 0.366. The summed E-state index contributed by atoms with van der Waals surface area (Å²) >= 11 is 3.07. The molecule has 0 amide bonds. The maximum absolute atomic E-state index is 11.1. The van der Waals surface area contributed by atoms with Crippen LogP contribution < -0.4 is 0 Å². The smallest absolute Gasteiger partial charge is 0.280 e. The molecule has 78 valence electrons. The third kappa shape index (κ3) is 2.27. The molecule has 5 nitrogen and oxygen atoms in total. The van der Waals surface area contributed by atoms with Crippen LogP contribution in [0, 0.1) is 10.1 Å². The number of carbonyl (C=O) groups excluding carboxylic acids is 2. The maximum atomic E-state index is 11.1. The van der Waals surface area contributed by atoms with Crippen molar-refractivity contribution in [2.75, 3.05) is 0 Å². The first-order chi connectivity index (χ1) is 6.97. The van der Waals surface area contributed by atoms with E-state index in [1.165, 1.54) is 13.0 Å². The monoisotopic (exact) mass is 271 g/mol. The Morgan fingerprint density at radius 2 is 2.13 bits per heavy atom. The molecule has 0 saturated heterocycles. The zero-order valence-corrected chi connectivity index (χ0v) is 9.28. The molecule has 0 heterocycles. The van der Waals surface area contributed by atoms with Crippen molar-refractivity contribution >= 4 is 33.7 Å². The van der Waals surface area contributed by atoms with Crippen molar-refractivity contribution in [1.29, 1.82) is 0 Å². The Balaban J connectivity index is 3.50. The predicted molar refractivity (Wildman–Crippen MR) is 56.2 cm³/mol. The van der Waals surface area contributed by atoms with Crippen LogP contribution in [-0.4, -0.2) is 17.0 Å². The van der Waals surface area contributed by atoms with Crippen LogP contribution in [0.3, 0.4) is 0 Å². The van der Waals surface area contributed by atoms with Crippen LogP contribution in [0.4, 0.5) is 5.69 Å². The summed E-state index contributed by atoms with van der Waals surface area (Å²) in [4.78, 5) is 31.5. The first-order valence-corrected chi connectivity index (χ1v) is 4.70. The number of carbonyl (C=O) groups is 2. The number of halogens is 1. The molecule has 0 unspecified atom stereocenters. The van der Waals surface area contributed by atoms with E-state index in [0.717, 1.165) is 6.07 Å². The van der Waals surface area contributed by atoms with E-state index >= 15 is 0 Å². The number of hydrogen-bond donors (Lipinski definition) is 0. The standard InChI is InChI=1S/C9H6BrNO4/c1-5(13)7-3-9(11(14)15)6(4-12)2-8(7)10/h2-4H,1H3. The highest BCUT2D eigenvalue weighted by Gasteiger charge is 2.18. The minimum absolute atomic E-state index is 0.0584. The molecule has 15 heavy (non-hydrogen) atoms. The van der Waals surface area contributed by atoms with Crippen molar-refractivity contribution in [3.05, 3.63) is 37.8 Å². The van der Waals surface area contributed by atoms with Crippen molar-refractivity contribution in [3.8, 4) is 0 Å². The van der Waals surface area contributed by atoms with Gasteiger partial charge in [0.1, 0.15) is 0 Å². The largest absolute Gasteiger partial charge is 0.298 e. The molecule has 6 heteroatoms. The Morgan fingerprint density at radius 3 is 2.53 bits per heavy atom. The van der Waals surface area contributed by atoms with Gasteiger partial charge < -0.3 is 0 Å². The number of ketones is 1. The number of nitro benzene ring substituents is 1. The molecule has 0 aliphatic heterocycles. The molecule has 0 radical (unpaired) electrons. The number of rotatable bonds is 3. The molecule has 1 aromatic carbocycles. The summed E-state index contributed by atoms with van der Waals surface area (Å²) in [6, 6.07) is 2.36. The summed E-state index contributed by atoms with van der Waals surface area (Å²) in [7, 11) is 0. The van der Waals surface area contributed by atoms with Crippen molar-refractivity contribution in [1.82, 2.24) is 0 Å². The lowest BCUT2D eigenvalue weighted by molar-refractivity contribution is -0.385. The van der Waals surface area contributed by atoms with Gasteiger partial charge in [0.25, 0.3) is 5.69 Å². The van der Waals surface area contributed by atoms with Crippen LogP contribution in [-0.2, 0) is 0 Å². The zero-order chi connectivity index (χ0) is 11.6. The van der Waals surface area contributed by atoms with Crippen LogP contribution in [0.25, 0.3) is 0 Å². The first-order valence-electron chi connectivity index (χ1n) is 3.91. The number of hydrogen-bond acceptors (Lipinski definition) is 4. The third-order valence-electron chi connectivity index (χ3n) is 1.82. The molecule has 1 aromatic rings. The number of nitrogens with zero attached hydrogens (tertiary/aromatic N) is 1. The molecule has 0 spiro atoms. The van der Waals surface area contributed by atoms with Crippen molar-refractivity contribution < 1.29 is 14.5 Å². The van der Waals surface area contributed by atoms with Crippen molar-refractivity contribution in [3.63, 3.8) is 0 Å². The average molecular weight is 272 g/mol. The summed E-state index contributed by atoms with van der Waals surface area (Å²) in [5, 5.41) is 10.6. The summed E-state index contributed by atoms with van der Waals surface area (Å²) < 4.78 is 0.378. The fourth-order valence-electron chi connectivity index (χ4n) is 1.10. The lowest BCUT2D eigenvalue weighted by atomic mass is 10.1. The molecule has 0 aromatic heterocycles. The van der Waals surface area contributed by atoms with Gasteiger partial charge in [-0.2, -0.15) is 0 Å². The van der Waals surface area contributed by atoms with Crippen LogP contribution in [0.1, 0.15) is 27.6 Å². The van der Waals surface area contributed by atoms with Gasteiger partial charge in [0.2, 0.25) is 0 Å². The van der Waals surface area contributed by atoms with Gasteiger partial charge in [-0.3, -0.25) is 19.7 Å². The summed E-state index contributed by atoms with van der Waals surface area (Å²) in [6.45, 7) is 1.30. The van der Waals surface area contributed by atoms with Gasteiger partial charge >= 0.3 is 0 Å². The molecule has 0 atom stereocenters. The second-order valence-electron chi connectivity index (χ2n) is 2.82. The number of nitro groups is 1. The van der Waals surface area contributed by atoms with Gasteiger partial charge in [0.15, 0.2) is 12.1 Å². The number of aldehydes is 1. The Morgan fingerprint density at radius 1 is 1.53 bits per heavy atom. The van der Waals surface area contributed by atoms with E-state index in [9.17, 15) is 19.7 Å². The van der Waals surface area contributed by atoms with Crippen LogP contribution >= 0.6 is 15.9 Å². The second kappa shape index (κ2) is 4.31. The SMILES string of the molecule is CC(=O)c1cc([N+](=O)[O-])c(C=O)cc1Br. The Hall–Kier alpha value is -1.56. The molecule has 0 fully saturated rings. The van der Waals surface area contributed by atoms with Crippen molar-refractivity contribution in [2.45, 2.75) is 6.92 Å². The molecule has 0 aliphatic carbocycles. The van der Waals surface area contributed by atoms with E-state index in [0.29, 0.717) is 10.8 Å². The molecule has 1 rings (SSSR count). The summed E-state index contributed by atoms with van der Waals surface area (Å²) in [5.74, 6) is -0.303. The highest BCUT2D eigenvalue weighted by molar-refractivity contribution is 9.10. The highest BCUT2D eigenvalue weighted by atomic mass is 79.9. The van der Waals surface area contributed by atoms with E-state index < -0.39 is 4.92 Å². The van der Waals surface area contributed by atoms with Gasteiger partial charge in [0.05, 0.1) is 10.5 Å². The number of Topliss-reactive ketones (excluding diaryl/α,β-unsaturated/α-hetero) is 1. The van der Waals surface area contributed by atoms with Gasteiger partial charge in [-0.25, -0.2) is 0 Å². The lowest BCUT2D eigenvalue weighted by Crippen LogP contribution is -2.00. The third-order valence-corrected chi connectivity index (χ3v) is 2.48. The van der Waals surface area contributed by atoms with E-state index in [1.807, 2.05) is 0 Å². The van der Waals surface area contributed by atoms with Crippen LogP contribution in [0.5, 0.6) is 0 Å². The van der Waals surface area contributed by atoms with Gasteiger partial charge in [-0.1, -0.05) is 15.9 Å². The average Bonchev–Trinajstić information content (AvgIpc) is 2.16. The van der Waals surface area contributed by atoms with Crippen LogP contribution in [0.15, 0.2) is 16.6 Å². The minimum Gasteiger partial charge on any atom is -0.298 e. The molecule has 0 aliphatic rings. The van der Waals surface area contributed by atoms with Crippen molar-refractivity contribution in [2.24, 2.45) is 0 Å². The summed E-state index contributed by atoms with van der Waals surface area (Å²) in [6.07, 6.45) is 0.382. The molecule has 0 saturated carbocycles. The van der Waals surface area contributed by atoms with E-state index in [1.54, 1.807) is 0 Å². The second-order valence-corrected chi connectivity index (χ2v) is 3.68. The Bertz CT molecular complexity index is 456. The van der Waals surface area contributed by atoms with E-state index in [4.69, 9.17) is 0 Å². The topological polar surface area (TPSA) is 77.3 Å². The van der Waals surface area contributed by atoms with Gasteiger partial charge in [-0.05, 0) is 13.0 Å². The first kappa shape index (κ1) is 11.5. The van der Waals surface area contributed by atoms with Gasteiger partial charge in [0, 0.05) is 16.1 Å². The fraction of sp³-hybridized carbons (Fsp3) is 0.111. The molecule has 0 bridgehead atoms. The Labute approximate surface area is 93.4 Å². The Kier molecular flexibility index (Phi) is 3.31. The molecule has 0 N–H and O–H groups in total. The minimum atomic E-state index is -0.692. The molecular formula is C9H6BrNO4. The lowest BCUT2D eigenvalue weighted by Gasteiger charge is -2.02. The normalized spacial score (nSPS) is 9.73. The molecular weight excluding hydrogens is 266 g/mol. The van der Waals surface area contributed by atoms with E-state index in [2.05, 4.69) is 15.9 Å². The highest BCUT2D eigenvalue weighted by Crippen LogP contribution is 2.26. The van der Waals surface area contributed by atoms with E-state index in [-0.39, 0.29) is 22.6 Å². The predicted octanol–water partition coefficient (Wildman–Crippen LogP) is 2.37. The number of benzene rings is 1. The maximum Gasteiger partial charge on any atom is 0.280 e. The van der Waals surface area contributed by atoms with Crippen LogP contribution in [0.2, 0.25) is 0 Å². The summed E-state index contributed by atoms with van der Waals surface area (Å²) in [5.41, 5.74) is -0.234. The van der Waals surface area contributed by atoms with Gasteiger partial charge in [-0.15, -0.1) is 0 Å². The fourth-order valence-corrected chi connectivity index (χ4v) is 1.74.